The number of benzene rings is 2. The molecule has 1 aliphatic heterocycles. The lowest BCUT2D eigenvalue weighted by molar-refractivity contribution is -0.138. The SMILES string of the molecule is COc1cc2c(cc1C(F)(F)F)N(c1ccccc1)C[C@@H](CCC(C)(F)F)N(C)S2(=O)=O. The summed E-state index contributed by atoms with van der Waals surface area (Å²) in [4.78, 5) is 1.03. The van der Waals surface area contributed by atoms with Crippen molar-refractivity contribution >= 4 is 21.4 Å². The Morgan fingerprint density at radius 3 is 2.25 bits per heavy atom. The van der Waals surface area contributed by atoms with E-state index in [9.17, 15) is 30.4 Å². The van der Waals surface area contributed by atoms with Crippen LogP contribution in [-0.4, -0.2) is 45.4 Å². The second kappa shape index (κ2) is 8.51. The first-order chi connectivity index (χ1) is 14.8. The third-order valence-corrected chi connectivity index (χ3v) is 7.37. The minimum atomic E-state index is -4.80. The Kier molecular flexibility index (Phi) is 6.45. The number of halogens is 5. The van der Waals surface area contributed by atoms with Crippen molar-refractivity contribution in [3.63, 3.8) is 0 Å². The van der Waals surface area contributed by atoms with Gasteiger partial charge < -0.3 is 9.64 Å². The Labute approximate surface area is 183 Å². The summed E-state index contributed by atoms with van der Waals surface area (Å²) >= 11 is 0. The van der Waals surface area contributed by atoms with E-state index in [0.29, 0.717) is 5.69 Å². The number of fused-ring (bicyclic) bond motifs is 1. The number of rotatable bonds is 5. The minimum Gasteiger partial charge on any atom is -0.496 e. The molecule has 0 amide bonds. The van der Waals surface area contributed by atoms with E-state index < -0.39 is 45.9 Å². The standard InChI is InChI=1S/C21H23F5N2O3S/c1-20(22,23)10-9-15-13-28(14-7-5-4-6-8-14)17-11-16(21(24,25)26)18(31-3)12-19(17)32(29,30)27(15)2/h4-8,11-12,15H,9-10,13H2,1-3H3/t15-/m1/s1. The van der Waals surface area contributed by atoms with Gasteiger partial charge in [0.1, 0.15) is 10.6 Å². The molecule has 1 atom stereocenters. The summed E-state index contributed by atoms with van der Waals surface area (Å²) in [6, 6.07) is 8.92. The fourth-order valence-corrected chi connectivity index (χ4v) is 5.24. The second-order valence-corrected chi connectivity index (χ2v) is 9.71. The van der Waals surface area contributed by atoms with Crippen molar-refractivity contribution in [1.29, 1.82) is 0 Å². The first-order valence-corrected chi connectivity index (χ1v) is 11.2. The van der Waals surface area contributed by atoms with Crippen LogP contribution in [0.2, 0.25) is 0 Å². The van der Waals surface area contributed by atoms with Gasteiger partial charge in [0.15, 0.2) is 0 Å². The Balaban J connectivity index is 2.26. The third kappa shape index (κ3) is 4.83. The lowest BCUT2D eigenvalue weighted by Crippen LogP contribution is -2.41. The smallest absolute Gasteiger partial charge is 0.420 e. The number of hydrogen-bond donors (Lipinski definition) is 0. The van der Waals surface area contributed by atoms with Crippen LogP contribution in [0.4, 0.5) is 33.3 Å². The van der Waals surface area contributed by atoms with Gasteiger partial charge in [0.05, 0.1) is 18.4 Å². The van der Waals surface area contributed by atoms with Gasteiger partial charge in [-0.3, -0.25) is 0 Å². The molecule has 32 heavy (non-hydrogen) atoms. The van der Waals surface area contributed by atoms with Crippen LogP contribution in [0.3, 0.4) is 0 Å². The normalized spacial score (nSPS) is 19.4. The Bertz CT molecular complexity index is 1070. The van der Waals surface area contributed by atoms with Crippen molar-refractivity contribution in [2.45, 2.75) is 42.8 Å². The number of para-hydroxylation sites is 1. The summed E-state index contributed by atoms with van der Waals surface area (Å²) in [5.74, 6) is -3.66. The first-order valence-electron chi connectivity index (χ1n) is 9.73. The molecule has 11 heteroatoms. The van der Waals surface area contributed by atoms with Crippen LogP contribution in [0.5, 0.6) is 5.75 Å². The fourth-order valence-electron chi connectivity index (χ4n) is 3.68. The summed E-state index contributed by atoms with van der Waals surface area (Å²) < 4.78 is 101. The fraction of sp³-hybridized carbons (Fsp3) is 0.429. The van der Waals surface area contributed by atoms with Gasteiger partial charge in [-0.25, -0.2) is 17.2 Å². The van der Waals surface area contributed by atoms with Crippen LogP contribution < -0.4 is 9.64 Å². The molecule has 0 N–H and O–H groups in total. The van der Waals surface area contributed by atoms with Crippen LogP contribution in [0.25, 0.3) is 0 Å². The van der Waals surface area contributed by atoms with Crippen molar-refractivity contribution < 1.29 is 35.1 Å². The van der Waals surface area contributed by atoms with E-state index in [1.165, 1.54) is 11.9 Å². The van der Waals surface area contributed by atoms with Gasteiger partial charge in [-0.15, -0.1) is 0 Å². The van der Waals surface area contributed by atoms with Gasteiger partial charge >= 0.3 is 6.18 Å². The van der Waals surface area contributed by atoms with E-state index in [-0.39, 0.29) is 23.5 Å². The van der Waals surface area contributed by atoms with Crippen molar-refractivity contribution in [1.82, 2.24) is 4.31 Å². The molecule has 0 saturated heterocycles. The average molecular weight is 478 g/mol. The molecule has 0 saturated carbocycles. The maximum absolute atomic E-state index is 13.7. The van der Waals surface area contributed by atoms with E-state index in [1.807, 2.05) is 0 Å². The Morgan fingerprint density at radius 2 is 1.72 bits per heavy atom. The van der Waals surface area contributed by atoms with Crippen LogP contribution in [0.15, 0.2) is 47.4 Å². The molecule has 5 nitrogen and oxygen atoms in total. The lowest BCUT2D eigenvalue weighted by Gasteiger charge is -2.30. The van der Waals surface area contributed by atoms with Crippen LogP contribution in [-0.2, 0) is 16.2 Å². The number of anilines is 2. The Morgan fingerprint density at radius 1 is 1.09 bits per heavy atom. The maximum Gasteiger partial charge on any atom is 0.420 e. The lowest BCUT2D eigenvalue weighted by atomic mass is 10.1. The largest absolute Gasteiger partial charge is 0.496 e. The van der Waals surface area contributed by atoms with E-state index in [4.69, 9.17) is 4.74 Å². The molecule has 2 aromatic rings. The molecule has 0 spiro atoms. The molecule has 0 aromatic heterocycles. The van der Waals surface area contributed by atoms with Gasteiger partial charge in [0, 0.05) is 37.8 Å². The maximum atomic E-state index is 13.7. The number of alkyl halides is 5. The predicted molar refractivity (Wildman–Crippen MR) is 110 cm³/mol. The van der Waals surface area contributed by atoms with Gasteiger partial charge in [-0.05, 0) is 31.5 Å². The highest BCUT2D eigenvalue weighted by molar-refractivity contribution is 7.89. The van der Waals surface area contributed by atoms with Crippen molar-refractivity contribution in [3.05, 3.63) is 48.0 Å². The molecule has 0 unspecified atom stereocenters. The molecule has 1 aliphatic rings. The molecule has 176 valence electrons. The highest BCUT2D eigenvalue weighted by atomic mass is 32.2. The average Bonchev–Trinajstić information content (AvgIpc) is 2.79. The van der Waals surface area contributed by atoms with Gasteiger partial charge in [0.25, 0.3) is 0 Å². The molecule has 0 bridgehead atoms. The quantitative estimate of drug-likeness (QED) is 0.548. The van der Waals surface area contributed by atoms with Crippen LogP contribution in [0, 0.1) is 0 Å². The summed E-state index contributed by atoms with van der Waals surface area (Å²) in [6.07, 6.45) is -5.55. The zero-order chi connectivity index (χ0) is 23.9. The van der Waals surface area contributed by atoms with Crippen molar-refractivity contribution in [2.75, 3.05) is 25.6 Å². The minimum absolute atomic E-state index is 0.105. The van der Waals surface area contributed by atoms with Gasteiger partial charge in [-0.1, -0.05) is 18.2 Å². The van der Waals surface area contributed by atoms with E-state index in [1.54, 1.807) is 30.3 Å². The molecule has 1 heterocycles. The van der Waals surface area contributed by atoms with E-state index in [2.05, 4.69) is 0 Å². The first kappa shape index (κ1) is 24.2. The van der Waals surface area contributed by atoms with E-state index >= 15 is 0 Å². The van der Waals surface area contributed by atoms with Crippen molar-refractivity contribution in [2.24, 2.45) is 0 Å². The highest BCUT2D eigenvalue weighted by Crippen LogP contribution is 2.45. The summed E-state index contributed by atoms with van der Waals surface area (Å²) in [5, 5.41) is 0. The summed E-state index contributed by atoms with van der Waals surface area (Å²) in [6.45, 7) is 0.634. The second-order valence-electron chi connectivity index (χ2n) is 7.75. The predicted octanol–water partition coefficient (Wildman–Crippen LogP) is 5.29. The van der Waals surface area contributed by atoms with Crippen molar-refractivity contribution in [3.8, 4) is 5.75 Å². The van der Waals surface area contributed by atoms with Crippen LogP contribution >= 0.6 is 0 Å². The molecular formula is C21H23F5N2O3S. The number of methoxy groups -OCH3 is 1. The zero-order valence-electron chi connectivity index (χ0n) is 17.7. The highest BCUT2D eigenvalue weighted by Gasteiger charge is 2.42. The number of ether oxygens (including phenoxy) is 1. The Hall–Kier alpha value is -2.40. The molecule has 3 rings (SSSR count). The summed E-state index contributed by atoms with van der Waals surface area (Å²) in [5.41, 5.74) is -0.885. The summed E-state index contributed by atoms with van der Waals surface area (Å²) in [7, 11) is -2.05. The van der Waals surface area contributed by atoms with Crippen LogP contribution in [0.1, 0.15) is 25.3 Å². The molecular weight excluding hydrogens is 455 g/mol. The molecule has 0 fully saturated rings. The van der Waals surface area contributed by atoms with Gasteiger partial charge in [-0.2, -0.15) is 17.5 Å². The molecule has 0 aliphatic carbocycles. The monoisotopic (exact) mass is 478 g/mol. The molecule has 2 aromatic carbocycles. The molecule has 0 radical (unpaired) electrons. The topological polar surface area (TPSA) is 49.9 Å². The third-order valence-electron chi connectivity index (χ3n) is 5.43. The number of sulfonamides is 1. The zero-order valence-corrected chi connectivity index (χ0v) is 18.5. The number of nitrogens with zero attached hydrogens (tertiary/aromatic N) is 2. The van der Waals surface area contributed by atoms with E-state index in [0.717, 1.165) is 30.5 Å². The number of likely N-dealkylation sites (N-methyl/N-ethyl adjacent to an activating group) is 1. The van der Waals surface area contributed by atoms with Gasteiger partial charge in [0.2, 0.25) is 15.9 Å². The number of hydrogen-bond acceptors (Lipinski definition) is 4.